The third-order valence-electron chi connectivity index (χ3n) is 4.28. The Hall–Kier alpha value is -1.81. The van der Waals surface area contributed by atoms with Crippen LogP contribution in [-0.2, 0) is 16.0 Å². The standard InChI is InChI=1S/C18H24N2O2/c1-13-11-20(12-14(2)22-13)18(21)9-5-6-15-10-19-17-8-4-3-7-16(15)17/h3-4,7-8,10,13-14,19H,5-6,9,11-12H2,1-2H3/t13-,14+. The Bertz CT molecular complexity index is 639. The number of H-pyrrole nitrogens is 1. The molecule has 1 amide bonds. The zero-order valence-electron chi connectivity index (χ0n) is 13.3. The molecule has 0 aliphatic carbocycles. The van der Waals surface area contributed by atoms with Gasteiger partial charge in [0.05, 0.1) is 12.2 Å². The number of hydrogen-bond acceptors (Lipinski definition) is 2. The summed E-state index contributed by atoms with van der Waals surface area (Å²) in [6, 6.07) is 8.31. The number of morpholine rings is 1. The summed E-state index contributed by atoms with van der Waals surface area (Å²) in [5, 5.41) is 1.27. The molecule has 118 valence electrons. The Labute approximate surface area is 131 Å². The summed E-state index contributed by atoms with van der Waals surface area (Å²) < 4.78 is 5.68. The van der Waals surface area contributed by atoms with Crippen LogP contribution in [0.3, 0.4) is 0 Å². The van der Waals surface area contributed by atoms with Crippen molar-refractivity contribution in [2.75, 3.05) is 13.1 Å². The van der Waals surface area contributed by atoms with Crippen molar-refractivity contribution in [3.63, 3.8) is 0 Å². The molecule has 4 nitrogen and oxygen atoms in total. The summed E-state index contributed by atoms with van der Waals surface area (Å²) in [7, 11) is 0. The van der Waals surface area contributed by atoms with Gasteiger partial charge < -0.3 is 14.6 Å². The van der Waals surface area contributed by atoms with Gasteiger partial charge in [0.15, 0.2) is 0 Å². The number of aryl methyl sites for hydroxylation is 1. The van der Waals surface area contributed by atoms with Gasteiger partial charge in [-0.05, 0) is 38.3 Å². The van der Waals surface area contributed by atoms with Gasteiger partial charge in [0.25, 0.3) is 0 Å². The number of carbonyl (C=O) groups is 1. The lowest BCUT2D eigenvalue weighted by atomic mass is 10.1. The minimum absolute atomic E-state index is 0.140. The van der Waals surface area contributed by atoms with Crippen molar-refractivity contribution in [3.05, 3.63) is 36.0 Å². The lowest BCUT2D eigenvalue weighted by molar-refractivity contribution is -0.143. The van der Waals surface area contributed by atoms with E-state index in [1.165, 1.54) is 16.5 Å². The fourth-order valence-electron chi connectivity index (χ4n) is 3.31. The van der Waals surface area contributed by atoms with E-state index in [9.17, 15) is 4.79 Å². The molecule has 1 fully saturated rings. The molecule has 2 heterocycles. The minimum atomic E-state index is 0.140. The summed E-state index contributed by atoms with van der Waals surface area (Å²) in [6.07, 6.45) is 4.78. The van der Waals surface area contributed by atoms with Crippen LogP contribution in [0.1, 0.15) is 32.3 Å². The average Bonchev–Trinajstić information content (AvgIpc) is 2.90. The number of para-hydroxylation sites is 1. The van der Waals surface area contributed by atoms with E-state index in [-0.39, 0.29) is 18.1 Å². The first-order chi connectivity index (χ1) is 10.6. The predicted molar refractivity (Wildman–Crippen MR) is 87.8 cm³/mol. The van der Waals surface area contributed by atoms with E-state index in [0.29, 0.717) is 6.42 Å². The smallest absolute Gasteiger partial charge is 0.222 e. The molecule has 4 heteroatoms. The summed E-state index contributed by atoms with van der Waals surface area (Å²) in [5.41, 5.74) is 2.46. The van der Waals surface area contributed by atoms with E-state index >= 15 is 0 Å². The quantitative estimate of drug-likeness (QED) is 0.943. The first-order valence-corrected chi connectivity index (χ1v) is 8.11. The third-order valence-corrected chi connectivity index (χ3v) is 4.28. The molecule has 1 aromatic carbocycles. The number of nitrogens with zero attached hydrogens (tertiary/aromatic N) is 1. The Balaban J connectivity index is 1.53. The van der Waals surface area contributed by atoms with Crippen LogP contribution in [-0.4, -0.2) is 41.1 Å². The number of hydrogen-bond donors (Lipinski definition) is 1. The van der Waals surface area contributed by atoms with Crippen LogP contribution in [0.2, 0.25) is 0 Å². The maximum Gasteiger partial charge on any atom is 0.222 e. The number of rotatable bonds is 4. The first-order valence-electron chi connectivity index (χ1n) is 8.11. The summed E-state index contributed by atoms with van der Waals surface area (Å²) >= 11 is 0. The molecule has 2 atom stereocenters. The SMILES string of the molecule is C[C@@H]1CN(C(=O)CCCc2c[nH]c3ccccc23)C[C@H](C)O1. The summed E-state index contributed by atoms with van der Waals surface area (Å²) in [5.74, 6) is 0.252. The van der Waals surface area contributed by atoms with Crippen molar-refractivity contribution >= 4 is 16.8 Å². The number of nitrogens with one attached hydrogen (secondary N) is 1. The molecule has 22 heavy (non-hydrogen) atoms. The third kappa shape index (κ3) is 3.33. The summed E-state index contributed by atoms with van der Waals surface area (Å²) in [6.45, 7) is 5.50. The van der Waals surface area contributed by atoms with E-state index in [1.54, 1.807) is 0 Å². The van der Waals surface area contributed by atoms with E-state index in [2.05, 4.69) is 29.4 Å². The molecule has 1 saturated heterocycles. The van der Waals surface area contributed by atoms with E-state index in [4.69, 9.17) is 4.74 Å². The van der Waals surface area contributed by atoms with Crippen molar-refractivity contribution in [2.24, 2.45) is 0 Å². The molecule has 0 spiro atoms. The zero-order chi connectivity index (χ0) is 15.5. The highest BCUT2D eigenvalue weighted by atomic mass is 16.5. The highest BCUT2D eigenvalue weighted by Gasteiger charge is 2.25. The molecule has 2 aromatic rings. The number of fused-ring (bicyclic) bond motifs is 1. The molecule has 0 bridgehead atoms. The Kier molecular flexibility index (Phi) is 4.48. The molecule has 3 rings (SSSR count). The van der Waals surface area contributed by atoms with Crippen LogP contribution < -0.4 is 0 Å². The molecule has 0 unspecified atom stereocenters. The van der Waals surface area contributed by atoms with Crippen LogP contribution >= 0.6 is 0 Å². The van der Waals surface area contributed by atoms with Gasteiger partial charge in [-0.1, -0.05) is 18.2 Å². The highest BCUT2D eigenvalue weighted by Crippen LogP contribution is 2.20. The molecule has 1 aromatic heterocycles. The lowest BCUT2D eigenvalue weighted by Gasteiger charge is -2.35. The summed E-state index contributed by atoms with van der Waals surface area (Å²) in [4.78, 5) is 17.6. The number of amides is 1. The number of aromatic nitrogens is 1. The van der Waals surface area contributed by atoms with Crippen molar-refractivity contribution in [1.82, 2.24) is 9.88 Å². The topological polar surface area (TPSA) is 45.3 Å². The van der Waals surface area contributed by atoms with Gasteiger partial charge in [-0.2, -0.15) is 0 Å². The van der Waals surface area contributed by atoms with Crippen molar-refractivity contribution in [3.8, 4) is 0 Å². The van der Waals surface area contributed by atoms with Gasteiger partial charge in [0.2, 0.25) is 5.91 Å². The largest absolute Gasteiger partial charge is 0.372 e. The molecule has 1 aliphatic rings. The van der Waals surface area contributed by atoms with Crippen LogP contribution in [0.5, 0.6) is 0 Å². The van der Waals surface area contributed by atoms with Crippen molar-refractivity contribution in [1.29, 1.82) is 0 Å². The second kappa shape index (κ2) is 6.53. The van der Waals surface area contributed by atoms with Gasteiger partial charge in [0, 0.05) is 36.6 Å². The van der Waals surface area contributed by atoms with Crippen molar-refractivity contribution < 1.29 is 9.53 Å². The molecular weight excluding hydrogens is 276 g/mol. The number of benzene rings is 1. The molecule has 1 N–H and O–H groups in total. The van der Waals surface area contributed by atoms with Gasteiger partial charge >= 0.3 is 0 Å². The van der Waals surface area contributed by atoms with Crippen molar-refractivity contribution in [2.45, 2.75) is 45.3 Å². The van der Waals surface area contributed by atoms with E-state index in [1.807, 2.05) is 24.8 Å². The lowest BCUT2D eigenvalue weighted by Crippen LogP contribution is -2.48. The normalized spacial score (nSPS) is 22.2. The molecule has 0 saturated carbocycles. The Morgan fingerprint density at radius 2 is 2.00 bits per heavy atom. The zero-order valence-corrected chi connectivity index (χ0v) is 13.3. The average molecular weight is 300 g/mol. The fourth-order valence-corrected chi connectivity index (χ4v) is 3.31. The van der Waals surface area contributed by atoms with Crippen LogP contribution in [0, 0.1) is 0 Å². The first kappa shape index (κ1) is 15.1. The predicted octanol–water partition coefficient (Wildman–Crippen LogP) is 3.13. The maximum atomic E-state index is 12.3. The van der Waals surface area contributed by atoms with Gasteiger partial charge in [-0.25, -0.2) is 0 Å². The number of carbonyl (C=O) groups excluding carboxylic acids is 1. The number of aromatic amines is 1. The second-order valence-corrected chi connectivity index (χ2v) is 6.27. The van der Waals surface area contributed by atoms with Gasteiger partial charge in [-0.15, -0.1) is 0 Å². The van der Waals surface area contributed by atoms with Crippen LogP contribution in [0.15, 0.2) is 30.5 Å². The fraction of sp³-hybridized carbons (Fsp3) is 0.500. The van der Waals surface area contributed by atoms with E-state index < -0.39 is 0 Å². The van der Waals surface area contributed by atoms with Gasteiger partial charge in [-0.3, -0.25) is 4.79 Å². The monoisotopic (exact) mass is 300 g/mol. The molecular formula is C18H24N2O2. The second-order valence-electron chi connectivity index (χ2n) is 6.27. The Morgan fingerprint density at radius 1 is 1.27 bits per heavy atom. The van der Waals surface area contributed by atoms with Crippen LogP contribution in [0.4, 0.5) is 0 Å². The minimum Gasteiger partial charge on any atom is -0.372 e. The van der Waals surface area contributed by atoms with Gasteiger partial charge in [0.1, 0.15) is 0 Å². The van der Waals surface area contributed by atoms with Crippen LogP contribution in [0.25, 0.3) is 10.9 Å². The highest BCUT2D eigenvalue weighted by molar-refractivity contribution is 5.83. The van der Waals surface area contributed by atoms with E-state index in [0.717, 1.165) is 25.9 Å². The molecule has 0 radical (unpaired) electrons. The Morgan fingerprint density at radius 3 is 2.77 bits per heavy atom. The number of ether oxygens (including phenoxy) is 1. The molecule has 1 aliphatic heterocycles. The maximum absolute atomic E-state index is 12.3.